The third kappa shape index (κ3) is 7.38. The molecule has 47 heavy (non-hydrogen) atoms. The molecule has 0 aliphatic carbocycles. The Balaban J connectivity index is 1.55. The predicted octanol–water partition coefficient (Wildman–Crippen LogP) is 9.55. The van der Waals surface area contributed by atoms with E-state index in [1.165, 1.54) is 38.3 Å². The third-order valence-corrected chi connectivity index (χ3v) is 7.54. The first-order valence-corrected chi connectivity index (χ1v) is 14.6. The molecule has 4 N–H and O–H groups in total. The van der Waals surface area contributed by atoms with Crippen molar-refractivity contribution < 1.29 is 29.6 Å². The minimum atomic E-state index is -0.729. The van der Waals surface area contributed by atoms with E-state index < -0.39 is 23.5 Å². The summed E-state index contributed by atoms with van der Waals surface area (Å²) in [6.45, 7) is 1.44. The Labute approximate surface area is 278 Å². The van der Waals surface area contributed by atoms with Gasteiger partial charge in [0.15, 0.2) is 11.6 Å². The number of halogens is 2. The molecular weight excluding hydrogens is 645 g/mol. The van der Waals surface area contributed by atoms with Gasteiger partial charge in [-0.3, -0.25) is 4.79 Å². The second kappa shape index (κ2) is 14.1. The highest BCUT2D eigenvalue weighted by molar-refractivity contribution is 6.43. The van der Waals surface area contributed by atoms with Crippen LogP contribution in [0.3, 0.4) is 0 Å². The molecule has 0 aromatic heterocycles. The first-order chi connectivity index (χ1) is 22.5. The van der Waals surface area contributed by atoms with E-state index in [0.717, 1.165) is 0 Å². The molecule has 0 fully saturated rings. The second-order valence-corrected chi connectivity index (χ2v) is 10.7. The number of phenolic OH excluding ortho intramolecular Hbond substituents is 1. The van der Waals surface area contributed by atoms with Gasteiger partial charge in [0.2, 0.25) is 5.90 Å². The lowest BCUT2D eigenvalue weighted by atomic mass is 10.0. The fourth-order valence-electron chi connectivity index (χ4n) is 4.49. The second-order valence-electron chi connectivity index (χ2n) is 9.93. The highest BCUT2D eigenvalue weighted by atomic mass is 35.5. The normalized spacial score (nSPS) is 12.0. The number of carbonyl (C=O) groups is 2. The van der Waals surface area contributed by atoms with Crippen molar-refractivity contribution >= 4 is 86.1 Å². The molecule has 0 aliphatic heterocycles. The number of aliphatic imine (C=N–C) groups is 2. The number of ether oxygens (including phenoxy) is 1. The number of nitrogens with one attached hydrogen (secondary N) is 1. The van der Waals surface area contributed by atoms with Crippen LogP contribution in [0.15, 0.2) is 111 Å². The van der Waals surface area contributed by atoms with Gasteiger partial charge in [0.05, 0.1) is 39.7 Å². The number of fused-ring (bicyclic) bond motifs is 1. The smallest absolute Gasteiger partial charge is 0.340 e. The number of hydrogen-bond donors (Lipinski definition) is 4. The number of esters is 1. The Morgan fingerprint density at radius 2 is 1.55 bits per heavy atom. The van der Waals surface area contributed by atoms with Gasteiger partial charge in [-0.15, -0.1) is 10.2 Å². The van der Waals surface area contributed by atoms with Crippen LogP contribution in [0.2, 0.25) is 10.0 Å². The van der Waals surface area contributed by atoms with Gasteiger partial charge >= 0.3 is 5.97 Å². The summed E-state index contributed by atoms with van der Waals surface area (Å²) in [6, 6.07) is 23.8. The summed E-state index contributed by atoms with van der Waals surface area (Å²) in [5, 5.41) is 44.2. The van der Waals surface area contributed by atoms with Crippen LogP contribution in [0.1, 0.15) is 33.2 Å². The summed E-state index contributed by atoms with van der Waals surface area (Å²) >= 11 is 12.3. The quantitative estimate of drug-likeness (QED) is 0.0555. The number of methoxy groups -OCH3 is 1. The molecule has 0 unspecified atom stereocenters. The molecule has 5 aromatic rings. The predicted molar refractivity (Wildman–Crippen MR) is 183 cm³/mol. The molecule has 13 heteroatoms. The van der Waals surface area contributed by atoms with Crippen molar-refractivity contribution in [3.05, 3.63) is 118 Å². The summed E-state index contributed by atoms with van der Waals surface area (Å²) in [7, 11) is 1.20. The van der Waals surface area contributed by atoms with Gasteiger partial charge in [0.25, 0.3) is 5.91 Å². The molecule has 0 heterocycles. The van der Waals surface area contributed by atoms with Crippen LogP contribution >= 0.6 is 23.2 Å². The molecule has 0 atom stereocenters. The van der Waals surface area contributed by atoms with Gasteiger partial charge in [-0.2, -0.15) is 0 Å². The molecule has 5 aromatic carbocycles. The third-order valence-electron chi connectivity index (χ3n) is 6.73. The van der Waals surface area contributed by atoms with Crippen molar-refractivity contribution in [2.45, 2.75) is 6.92 Å². The Hall–Kier alpha value is -5.78. The highest BCUT2D eigenvalue weighted by Gasteiger charge is 2.20. The standard InChI is InChI=1S/C34H25Cl2N5O6/c1-18(42)37-21-11-13-22(14-12-21)38-33(45)25-16-19-6-3-4-7-23(19)30(31(25)43)41-40-28-17-20(10-15-24(28)34(46)47-2)32(44)39-27-9-5-8-26(35)29(27)36/h3-17,43H,1-2H3,(H,37,42)(H,38,45)(H,39,44). The molecule has 5 rings (SSSR count). The molecule has 0 aliphatic rings. The van der Waals surface area contributed by atoms with Gasteiger partial charge in [0, 0.05) is 23.6 Å². The molecule has 236 valence electrons. The van der Waals surface area contributed by atoms with Crippen LogP contribution in [-0.4, -0.2) is 46.1 Å². The van der Waals surface area contributed by atoms with Gasteiger partial charge in [-0.05, 0) is 66.0 Å². The molecule has 0 saturated heterocycles. The number of aliphatic hydroxyl groups excluding tert-OH is 2. The van der Waals surface area contributed by atoms with Gasteiger partial charge in [-0.1, -0.05) is 53.5 Å². The number of nitrogens with zero attached hydrogens (tertiary/aromatic N) is 4. The molecule has 0 spiro atoms. The number of aromatic hydroxyl groups is 1. The zero-order valence-corrected chi connectivity index (χ0v) is 26.3. The lowest BCUT2D eigenvalue weighted by Crippen LogP contribution is -2.12. The Bertz CT molecular complexity index is 2110. The largest absolute Gasteiger partial charge is 0.505 e. The number of azo groups is 1. The van der Waals surface area contributed by atoms with Crippen LogP contribution in [0, 0.1) is 0 Å². The van der Waals surface area contributed by atoms with Crippen LogP contribution < -0.4 is 5.32 Å². The fourth-order valence-corrected chi connectivity index (χ4v) is 4.83. The maximum Gasteiger partial charge on any atom is 0.340 e. The topological polar surface area (TPSA) is 166 Å². The highest BCUT2D eigenvalue weighted by Crippen LogP contribution is 2.40. The summed E-state index contributed by atoms with van der Waals surface area (Å²) in [6.07, 6.45) is 0. The van der Waals surface area contributed by atoms with Crippen LogP contribution in [0.4, 0.5) is 28.4 Å². The number of amides is 1. The van der Waals surface area contributed by atoms with Crippen molar-refractivity contribution in [1.82, 2.24) is 0 Å². The number of hydrogen-bond acceptors (Lipinski definition) is 8. The van der Waals surface area contributed by atoms with Crippen LogP contribution in [0.5, 0.6) is 5.75 Å². The summed E-state index contributed by atoms with van der Waals surface area (Å²) < 4.78 is 4.89. The number of carbonyl (C=O) groups excluding carboxylic acids is 2. The maximum atomic E-state index is 13.3. The SMILES string of the molecule is COC(=O)c1ccc(C(O)=Nc2cccc(Cl)c2Cl)cc1N=Nc1c(O)c(C(=O)Nc2ccc(N=C(C)O)cc2)cc2ccccc12. The van der Waals surface area contributed by atoms with E-state index in [4.69, 9.17) is 27.9 Å². The maximum absolute atomic E-state index is 13.3. The van der Waals surface area contributed by atoms with E-state index in [1.807, 2.05) is 0 Å². The fraction of sp³-hybridized carbons (Fsp3) is 0.0588. The van der Waals surface area contributed by atoms with E-state index in [-0.39, 0.29) is 49.7 Å². The zero-order chi connectivity index (χ0) is 33.7. The molecule has 1 amide bonds. The van der Waals surface area contributed by atoms with E-state index in [1.54, 1.807) is 66.7 Å². The van der Waals surface area contributed by atoms with E-state index in [9.17, 15) is 24.9 Å². The van der Waals surface area contributed by atoms with Crippen molar-refractivity contribution in [2.24, 2.45) is 20.2 Å². The molecule has 11 nitrogen and oxygen atoms in total. The van der Waals surface area contributed by atoms with Crippen molar-refractivity contribution in [2.75, 3.05) is 12.4 Å². The summed E-state index contributed by atoms with van der Waals surface area (Å²) in [4.78, 5) is 34.0. The average Bonchev–Trinajstić information content (AvgIpc) is 3.06. The van der Waals surface area contributed by atoms with Gasteiger partial charge in [-0.25, -0.2) is 14.8 Å². The van der Waals surface area contributed by atoms with Crippen molar-refractivity contribution in [1.29, 1.82) is 0 Å². The molecular formula is C34H25Cl2N5O6. The Morgan fingerprint density at radius 1 is 0.809 bits per heavy atom. The zero-order valence-electron chi connectivity index (χ0n) is 24.8. The lowest BCUT2D eigenvalue weighted by molar-refractivity contribution is 0.0601. The van der Waals surface area contributed by atoms with Crippen LogP contribution in [-0.2, 0) is 4.74 Å². The Morgan fingerprint density at radius 3 is 2.28 bits per heavy atom. The molecule has 0 saturated carbocycles. The van der Waals surface area contributed by atoms with Gasteiger partial charge < -0.3 is 25.4 Å². The Kier molecular flexibility index (Phi) is 9.79. The molecule has 0 bridgehead atoms. The summed E-state index contributed by atoms with van der Waals surface area (Å²) in [5.41, 5.74) is 1.15. The number of benzene rings is 5. The number of anilines is 1. The minimum Gasteiger partial charge on any atom is -0.505 e. The minimum absolute atomic E-state index is 0.00968. The first-order valence-electron chi connectivity index (χ1n) is 13.8. The number of rotatable bonds is 8. The molecule has 0 radical (unpaired) electrons. The van der Waals surface area contributed by atoms with E-state index in [0.29, 0.717) is 22.1 Å². The van der Waals surface area contributed by atoms with Crippen molar-refractivity contribution in [3.63, 3.8) is 0 Å². The van der Waals surface area contributed by atoms with E-state index in [2.05, 4.69) is 25.5 Å². The number of aliphatic hydroxyl groups is 2. The van der Waals surface area contributed by atoms with Crippen LogP contribution in [0.25, 0.3) is 10.8 Å². The lowest BCUT2D eigenvalue weighted by Gasteiger charge is -2.12. The summed E-state index contributed by atoms with van der Waals surface area (Å²) in [5.74, 6) is -2.37. The van der Waals surface area contributed by atoms with Gasteiger partial charge in [0.1, 0.15) is 11.4 Å². The first kappa shape index (κ1) is 32.6. The average molecular weight is 671 g/mol. The van der Waals surface area contributed by atoms with E-state index >= 15 is 0 Å². The number of phenols is 1. The monoisotopic (exact) mass is 669 g/mol. The van der Waals surface area contributed by atoms with Crippen molar-refractivity contribution in [3.8, 4) is 5.75 Å².